The van der Waals surface area contributed by atoms with E-state index in [1.54, 1.807) is 6.07 Å². The molecule has 0 spiro atoms. The molecule has 1 heterocycles. The fourth-order valence-electron chi connectivity index (χ4n) is 2.35. The van der Waals surface area contributed by atoms with Crippen molar-refractivity contribution in [2.24, 2.45) is 0 Å². The zero-order valence-electron chi connectivity index (χ0n) is 11.3. The molecule has 110 valence electrons. The largest absolute Gasteiger partial charge is 0.397 e. The lowest BCUT2D eigenvalue weighted by atomic mass is 10.2. The number of likely N-dealkylation sites (tertiary alicyclic amines) is 1. The monoisotopic (exact) mass is 315 g/mol. The number of anilines is 1. The van der Waals surface area contributed by atoms with E-state index in [0.717, 1.165) is 13.0 Å². The Morgan fingerprint density at radius 2 is 2.00 bits per heavy atom. The lowest BCUT2D eigenvalue weighted by Gasteiger charge is -2.14. The average molecular weight is 316 g/mol. The van der Waals surface area contributed by atoms with Gasteiger partial charge in [-0.05, 0) is 51.0 Å². The molecule has 1 amide bonds. The third-order valence-electron chi connectivity index (χ3n) is 3.45. The van der Waals surface area contributed by atoms with Crippen LogP contribution in [0.4, 0.5) is 5.69 Å². The van der Waals surface area contributed by atoms with Crippen LogP contribution < -0.4 is 11.1 Å². The molecule has 1 aliphatic rings. The minimum absolute atomic E-state index is 0.170. The molecule has 3 N–H and O–H groups in total. The maximum absolute atomic E-state index is 12.0. The number of nitrogens with one attached hydrogen (secondary N) is 1. The van der Waals surface area contributed by atoms with Gasteiger partial charge in [-0.3, -0.25) is 4.79 Å². The molecule has 2 rings (SSSR count). The Kier molecular flexibility index (Phi) is 5.52. The molecule has 1 fully saturated rings. The third-order valence-corrected chi connectivity index (χ3v) is 4.27. The number of carbonyl (C=O) groups excluding carboxylic acids is 1. The van der Waals surface area contributed by atoms with Crippen LogP contribution in [-0.2, 0) is 0 Å². The molecule has 0 bridgehead atoms. The number of rotatable bonds is 5. The topological polar surface area (TPSA) is 58.4 Å². The highest BCUT2D eigenvalue weighted by molar-refractivity contribution is 6.43. The van der Waals surface area contributed by atoms with Gasteiger partial charge in [0.25, 0.3) is 5.91 Å². The van der Waals surface area contributed by atoms with Crippen LogP contribution in [0.5, 0.6) is 0 Å². The number of nitrogens with zero attached hydrogens (tertiary/aromatic N) is 1. The average Bonchev–Trinajstić information content (AvgIpc) is 2.93. The molecule has 1 aromatic rings. The van der Waals surface area contributed by atoms with Gasteiger partial charge >= 0.3 is 0 Å². The molecule has 0 saturated carbocycles. The Morgan fingerprint density at radius 3 is 2.65 bits per heavy atom. The van der Waals surface area contributed by atoms with E-state index in [9.17, 15) is 4.79 Å². The van der Waals surface area contributed by atoms with E-state index in [1.807, 2.05) is 0 Å². The second-order valence-corrected chi connectivity index (χ2v) is 5.80. The zero-order valence-corrected chi connectivity index (χ0v) is 12.8. The molecular formula is C14H19Cl2N3O. The minimum Gasteiger partial charge on any atom is -0.397 e. The van der Waals surface area contributed by atoms with Gasteiger partial charge in [0, 0.05) is 12.1 Å². The lowest BCUT2D eigenvalue weighted by molar-refractivity contribution is 0.0952. The molecule has 0 aliphatic carbocycles. The number of amides is 1. The summed E-state index contributed by atoms with van der Waals surface area (Å²) in [7, 11) is 0. The molecule has 0 radical (unpaired) electrons. The summed E-state index contributed by atoms with van der Waals surface area (Å²) in [5.41, 5.74) is 6.46. The van der Waals surface area contributed by atoms with Gasteiger partial charge in [0.15, 0.2) is 0 Å². The van der Waals surface area contributed by atoms with Crippen LogP contribution in [0.3, 0.4) is 0 Å². The van der Waals surface area contributed by atoms with E-state index in [0.29, 0.717) is 22.8 Å². The molecule has 1 aromatic carbocycles. The van der Waals surface area contributed by atoms with E-state index in [-0.39, 0.29) is 10.9 Å². The molecule has 1 aliphatic heterocycles. The van der Waals surface area contributed by atoms with E-state index < -0.39 is 0 Å². The van der Waals surface area contributed by atoms with Gasteiger partial charge < -0.3 is 16.0 Å². The molecule has 0 atom stereocenters. The van der Waals surface area contributed by atoms with Gasteiger partial charge in [-0.25, -0.2) is 0 Å². The van der Waals surface area contributed by atoms with Crippen LogP contribution >= 0.6 is 23.2 Å². The van der Waals surface area contributed by atoms with Gasteiger partial charge in [-0.15, -0.1) is 0 Å². The van der Waals surface area contributed by atoms with Crippen LogP contribution in [0.1, 0.15) is 29.6 Å². The number of hydrogen-bond acceptors (Lipinski definition) is 3. The Bertz CT molecular complexity index is 464. The predicted molar refractivity (Wildman–Crippen MR) is 83.5 cm³/mol. The summed E-state index contributed by atoms with van der Waals surface area (Å²) in [5.74, 6) is -0.170. The van der Waals surface area contributed by atoms with E-state index in [4.69, 9.17) is 28.9 Å². The summed E-state index contributed by atoms with van der Waals surface area (Å²) >= 11 is 11.8. The van der Waals surface area contributed by atoms with E-state index >= 15 is 0 Å². The van der Waals surface area contributed by atoms with Crippen LogP contribution in [0.2, 0.25) is 10.0 Å². The molecule has 6 heteroatoms. The van der Waals surface area contributed by atoms with Crippen LogP contribution in [-0.4, -0.2) is 37.0 Å². The van der Waals surface area contributed by atoms with Crippen molar-refractivity contribution in [3.8, 4) is 0 Å². The van der Waals surface area contributed by atoms with Crippen molar-refractivity contribution in [2.75, 3.05) is 31.9 Å². The summed E-state index contributed by atoms with van der Waals surface area (Å²) in [6.07, 6.45) is 3.52. The van der Waals surface area contributed by atoms with Crippen molar-refractivity contribution in [3.05, 3.63) is 27.7 Å². The number of nitrogen functional groups attached to an aromatic ring is 1. The van der Waals surface area contributed by atoms with Crippen molar-refractivity contribution in [1.82, 2.24) is 10.2 Å². The standard InChI is InChI=1S/C14H19Cl2N3O/c15-11-8-10(9-12(17)13(11)16)14(20)18-4-3-7-19-5-1-2-6-19/h8-9H,1-7,17H2,(H,18,20). The van der Waals surface area contributed by atoms with Gasteiger partial charge in [-0.1, -0.05) is 23.2 Å². The maximum Gasteiger partial charge on any atom is 0.251 e. The first-order valence-corrected chi connectivity index (χ1v) is 7.58. The first-order chi connectivity index (χ1) is 9.58. The van der Waals surface area contributed by atoms with Gasteiger partial charge in [0.2, 0.25) is 0 Å². The highest BCUT2D eigenvalue weighted by Gasteiger charge is 2.12. The third kappa shape index (κ3) is 4.01. The van der Waals surface area contributed by atoms with Crippen molar-refractivity contribution in [2.45, 2.75) is 19.3 Å². The Morgan fingerprint density at radius 1 is 1.30 bits per heavy atom. The molecular weight excluding hydrogens is 297 g/mol. The fraction of sp³-hybridized carbons (Fsp3) is 0.500. The van der Waals surface area contributed by atoms with Gasteiger partial charge in [0.05, 0.1) is 15.7 Å². The van der Waals surface area contributed by atoms with Crippen molar-refractivity contribution in [1.29, 1.82) is 0 Å². The summed E-state index contributed by atoms with van der Waals surface area (Å²) in [6.45, 7) is 4.04. The fourth-order valence-corrected chi connectivity index (χ4v) is 2.69. The molecule has 20 heavy (non-hydrogen) atoms. The highest BCUT2D eigenvalue weighted by atomic mass is 35.5. The maximum atomic E-state index is 12.0. The number of nitrogens with two attached hydrogens (primary N) is 1. The summed E-state index contributed by atoms with van der Waals surface area (Å²) in [5, 5.41) is 3.46. The molecule has 1 saturated heterocycles. The Labute approximate surface area is 129 Å². The van der Waals surface area contributed by atoms with Crippen LogP contribution in [0, 0.1) is 0 Å². The van der Waals surface area contributed by atoms with E-state index in [2.05, 4.69) is 10.2 Å². The van der Waals surface area contributed by atoms with Crippen LogP contribution in [0.15, 0.2) is 12.1 Å². The first-order valence-electron chi connectivity index (χ1n) is 6.83. The Hall–Kier alpha value is -0.970. The normalized spacial score (nSPS) is 15.5. The SMILES string of the molecule is Nc1cc(C(=O)NCCCN2CCCC2)cc(Cl)c1Cl. The number of benzene rings is 1. The highest BCUT2D eigenvalue weighted by Crippen LogP contribution is 2.29. The van der Waals surface area contributed by atoms with Gasteiger partial charge in [0.1, 0.15) is 0 Å². The molecule has 4 nitrogen and oxygen atoms in total. The number of carbonyl (C=O) groups is 1. The molecule has 0 aromatic heterocycles. The van der Waals surface area contributed by atoms with Crippen molar-refractivity contribution < 1.29 is 4.79 Å². The second-order valence-electron chi connectivity index (χ2n) is 5.02. The number of halogens is 2. The number of hydrogen-bond donors (Lipinski definition) is 2. The van der Waals surface area contributed by atoms with Crippen LogP contribution in [0.25, 0.3) is 0 Å². The zero-order chi connectivity index (χ0) is 14.5. The molecule has 0 unspecified atom stereocenters. The smallest absolute Gasteiger partial charge is 0.251 e. The lowest BCUT2D eigenvalue weighted by Crippen LogP contribution is -2.28. The van der Waals surface area contributed by atoms with Crippen molar-refractivity contribution >= 4 is 34.8 Å². The minimum atomic E-state index is -0.170. The Balaban J connectivity index is 1.79. The summed E-state index contributed by atoms with van der Waals surface area (Å²) in [6, 6.07) is 3.08. The second kappa shape index (κ2) is 7.16. The van der Waals surface area contributed by atoms with Gasteiger partial charge in [-0.2, -0.15) is 0 Å². The summed E-state index contributed by atoms with van der Waals surface area (Å²) in [4.78, 5) is 14.4. The summed E-state index contributed by atoms with van der Waals surface area (Å²) < 4.78 is 0. The first kappa shape index (κ1) is 15.4. The quantitative estimate of drug-likeness (QED) is 0.649. The van der Waals surface area contributed by atoms with Crippen molar-refractivity contribution in [3.63, 3.8) is 0 Å². The van der Waals surface area contributed by atoms with E-state index in [1.165, 1.54) is 32.0 Å². The predicted octanol–water partition coefficient (Wildman–Crippen LogP) is 2.79.